The topological polar surface area (TPSA) is 0 Å². The summed E-state index contributed by atoms with van der Waals surface area (Å²) in [6.45, 7) is 2.08. The third kappa shape index (κ3) is 5.46. The van der Waals surface area contributed by atoms with Crippen molar-refractivity contribution in [2.75, 3.05) is 0 Å². The van der Waals surface area contributed by atoms with E-state index in [1.165, 1.54) is 27.8 Å². The van der Waals surface area contributed by atoms with Crippen molar-refractivity contribution in [2.24, 2.45) is 0 Å². The number of allylic oxidation sites excluding steroid dienone is 1. The first-order valence-electron chi connectivity index (χ1n) is 9.17. The quantitative estimate of drug-likeness (QED) is 0.478. The molecule has 3 rings (SSSR count). The zero-order valence-electron chi connectivity index (χ0n) is 15.0. The van der Waals surface area contributed by atoms with E-state index in [9.17, 15) is 0 Å². The molecule has 0 heterocycles. The van der Waals surface area contributed by atoms with Crippen molar-refractivity contribution in [3.63, 3.8) is 0 Å². The van der Waals surface area contributed by atoms with Gasteiger partial charge >= 0.3 is 0 Å². The van der Waals surface area contributed by atoms with Gasteiger partial charge in [-0.25, -0.2) is 0 Å². The van der Waals surface area contributed by atoms with Crippen LogP contribution < -0.4 is 0 Å². The van der Waals surface area contributed by atoms with E-state index in [0.717, 1.165) is 25.7 Å². The van der Waals surface area contributed by atoms with Crippen molar-refractivity contribution in [3.05, 3.63) is 113 Å². The van der Waals surface area contributed by atoms with Gasteiger partial charge in [0.2, 0.25) is 0 Å². The lowest BCUT2D eigenvalue weighted by atomic mass is 9.96. The van der Waals surface area contributed by atoms with E-state index in [-0.39, 0.29) is 0 Å². The molecule has 0 heteroatoms. The number of rotatable bonds is 7. The highest BCUT2D eigenvalue weighted by molar-refractivity contribution is 5.52. The second-order valence-electron chi connectivity index (χ2n) is 6.55. The van der Waals surface area contributed by atoms with Crippen molar-refractivity contribution < 1.29 is 0 Å². The van der Waals surface area contributed by atoms with Gasteiger partial charge in [0.1, 0.15) is 0 Å². The first-order chi connectivity index (χ1) is 12.3. The summed E-state index contributed by atoms with van der Waals surface area (Å²) in [6.07, 6.45) is 8.70. The summed E-state index contributed by atoms with van der Waals surface area (Å²) in [4.78, 5) is 0. The fourth-order valence-electron chi connectivity index (χ4n) is 3.24. The first kappa shape index (κ1) is 17.2. The van der Waals surface area contributed by atoms with E-state index >= 15 is 0 Å². The van der Waals surface area contributed by atoms with Crippen molar-refractivity contribution in [3.8, 4) is 0 Å². The van der Waals surface area contributed by atoms with Crippen LogP contribution >= 0.6 is 0 Å². The van der Waals surface area contributed by atoms with E-state index in [1.807, 2.05) is 0 Å². The van der Waals surface area contributed by atoms with Crippen molar-refractivity contribution in [1.82, 2.24) is 0 Å². The fraction of sp³-hybridized carbons (Fsp3) is 0.200. The summed E-state index contributed by atoms with van der Waals surface area (Å²) in [6, 6.07) is 28.6. The zero-order chi connectivity index (χ0) is 17.3. The number of hydrogen-bond acceptors (Lipinski definition) is 0. The molecular weight excluding hydrogens is 300 g/mol. The van der Waals surface area contributed by atoms with Crippen LogP contribution in [0.1, 0.15) is 34.7 Å². The Morgan fingerprint density at radius 2 is 1.00 bits per heavy atom. The third-order valence-electron chi connectivity index (χ3n) is 4.52. The molecule has 0 fully saturated rings. The molecule has 0 unspecified atom stereocenters. The van der Waals surface area contributed by atoms with E-state index in [2.05, 4.69) is 97.9 Å². The van der Waals surface area contributed by atoms with Crippen LogP contribution in [-0.2, 0) is 25.7 Å². The van der Waals surface area contributed by atoms with Gasteiger partial charge in [0.25, 0.3) is 0 Å². The van der Waals surface area contributed by atoms with Crippen LogP contribution in [0.15, 0.2) is 84.9 Å². The summed E-state index contributed by atoms with van der Waals surface area (Å²) in [5, 5.41) is 0. The number of hydrogen-bond donors (Lipinski definition) is 0. The summed E-state index contributed by atoms with van der Waals surface area (Å²) in [5.74, 6) is 0. The lowest BCUT2D eigenvalue weighted by Gasteiger charge is -2.09. The third-order valence-corrected chi connectivity index (χ3v) is 4.52. The standard InChI is InChI=1S/C25H26/c1-2-9-23-18-24(16-14-21-10-5-3-6-11-21)20-25(19-23)17-15-22-12-7-4-8-13-22/h2-13,18-20H,14-17H2,1H3/b9-2+. The molecule has 25 heavy (non-hydrogen) atoms. The van der Waals surface area contributed by atoms with Crippen molar-refractivity contribution in [1.29, 1.82) is 0 Å². The Hall–Kier alpha value is -2.60. The molecule has 0 saturated carbocycles. The van der Waals surface area contributed by atoms with Crippen molar-refractivity contribution in [2.45, 2.75) is 32.6 Å². The molecule has 0 saturated heterocycles. The molecule has 0 atom stereocenters. The Bertz CT molecular complexity index is 736. The molecule has 0 aromatic heterocycles. The van der Waals surface area contributed by atoms with Gasteiger partial charge in [-0.3, -0.25) is 0 Å². The van der Waals surface area contributed by atoms with E-state index in [4.69, 9.17) is 0 Å². The van der Waals surface area contributed by atoms with Gasteiger partial charge in [0.15, 0.2) is 0 Å². The predicted molar refractivity (Wildman–Crippen MR) is 109 cm³/mol. The van der Waals surface area contributed by atoms with E-state index < -0.39 is 0 Å². The van der Waals surface area contributed by atoms with Crippen LogP contribution in [0.4, 0.5) is 0 Å². The molecule has 0 aliphatic carbocycles. The van der Waals surface area contributed by atoms with Gasteiger partial charge in [0.05, 0.1) is 0 Å². The molecule has 0 amide bonds. The fourth-order valence-corrected chi connectivity index (χ4v) is 3.24. The maximum absolute atomic E-state index is 2.39. The van der Waals surface area contributed by atoms with Gasteiger partial charge in [-0.1, -0.05) is 91.0 Å². The van der Waals surface area contributed by atoms with Gasteiger partial charge < -0.3 is 0 Å². The Labute approximate surface area is 151 Å². The second-order valence-corrected chi connectivity index (χ2v) is 6.55. The van der Waals surface area contributed by atoms with E-state index in [0.29, 0.717) is 0 Å². The average molecular weight is 326 g/mol. The minimum atomic E-state index is 1.09. The van der Waals surface area contributed by atoms with Gasteiger partial charge in [0, 0.05) is 0 Å². The molecule has 126 valence electrons. The summed E-state index contributed by atoms with van der Waals surface area (Å²) < 4.78 is 0. The molecule has 0 N–H and O–H groups in total. The molecule has 0 spiro atoms. The largest absolute Gasteiger partial charge is 0.0871 e. The maximum atomic E-state index is 2.39. The maximum Gasteiger partial charge on any atom is -0.0238 e. The number of benzene rings is 3. The highest BCUT2D eigenvalue weighted by atomic mass is 14.1. The molecule has 0 radical (unpaired) electrons. The highest BCUT2D eigenvalue weighted by Crippen LogP contribution is 2.17. The summed E-state index contributed by atoms with van der Waals surface area (Å²) >= 11 is 0. The Morgan fingerprint density at radius 3 is 1.44 bits per heavy atom. The van der Waals surface area contributed by atoms with Gasteiger partial charge in [-0.15, -0.1) is 0 Å². The normalized spacial score (nSPS) is 11.1. The molecule has 0 aliphatic heterocycles. The SMILES string of the molecule is C/C=C/c1cc(CCc2ccccc2)cc(CCc2ccccc2)c1. The summed E-state index contributed by atoms with van der Waals surface area (Å²) in [5.41, 5.74) is 7.00. The van der Waals surface area contributed by atoms with E-state index in [1.54, 1.807) is 0 Å². The minimum Gasteiger partial charge on any atom is -0.0871 e. The summed E-state index contributed by atoms with van der Waals surface area (Å²) in [7, 11) is 0. The smallest absolute Gasteiger partial charge is 0.0238 e. The molecular formula is C25H26. The predicted octanol–water partition coefficient (Wildman–Crippen LogP) is 6.29. The molecule has 3 aromatic rings. The monoisotopic (exact) mass is 326 g/mol. The van der Waals surface area contributed by atoms with Crippen LogP contribution in [-0.4, -0.2) is 0 Å². The molecule has 0 aliphatic rings. The Kier molecular flexibility index (Phi) is 6.23. The average Bonchev–Trinajstić information content (AvgIpc) is 2.67. The second kappa shape index (κ2) is 9.03. The lowest BCUT2D eigenvalue weighted by molar-refractivity contribution is 0.930. The molecule has 0 bridgehead atoms. The Balaban J connectivity index is 1.72. The first-order valence-corrected chi connectivity index (χ1v) is 9.17. The Morgan fingerprint density at radius 1 is 0.560 bits per heavy atom. The van der Waals surface area contributed by atoms with Gasteiger partial charge in [-0.2, -0.15) is 0 Å². The number of aryl methyl sites for hydroxylation is 4. The van der Waals surface area contributed by atoms with Crippen LogP contribution in [0.5, 0.6) is 0 Å². The zero-order valence-corrected chi connectivity index (χ0v) is 15.0. The van der Waals surface area contributed by atoms with Crippen LogP contribution in [0.3, 0.4) is 0 Å². The van der Waals surface area contributed by atoms with Crippen LogP contribution in [0, 0.1) is 0 Å². The van der Waals surface area contributed by atoms with Crippen LogP contribution in [0.25, 0.3) is 6.08 Å². The lowest BCUT2D eigenvalue weighted by Crippen LogP contribution is -1.97. The van der Waals surface area contributed by atoms with Crippen molar-refractivity contribution >= 4 is 6.08 Å². The van der Waals surface area contributed by atoms with Gasteiger partial charge in [-0.05, 0) is 60.4 Å². The highest BCUT2D eigenvalue weighted by Gasteiger charge is 2.02. The molecule has 3 aromatic carbocycles. The molecule has 0 nitrogen and oxygen atoms in total. The minimum absolute atomic E-state index is 1.09. The van der Waals surface area contributed by atoms with Crippen LogP contribution in [0.2, 0.25) is 0 Å².